The monoisotopic (exact) mass is 381 g/mol. The zero-order valence-corrected chi connectivity index (χ0v) is 15.4. The molecule has 26 heavy (non-hydrogen) atoms. The molecule has 0 aliphatic carbocycles. The maximum atomic E-state index is 12.8. The van der Waals surface area contributed by atoms with Gasteiger partial charge in [-0.1, -0.05) is 56.6 Å². The fraction of sp³-hybridized carbons (Fsp3) is 0.250. The Labute approximate surface area is 155 Å². The molecule has 2 nitrogen and oxygen atoms in total. The molecule has 2 aromatic rings. The molecule has 138 valence electrons. The Kier molecular flexibility index (Phi) is 5.81. The van der Waals surface area contributed by atoms with Crippen LogP contribution in [-0.2, 0) is 16.4 Å². The molecule has 0 aliphatic heterocycles. The molecule has 0 heterocycles. The highest BCUT2D eigenvalue weighted by atomic mass is 35.5. The van der Waals surface area contributed by atoms with E-state index in [1.165, 1.54) is 17.7 Å². The molecule has 1 amide bonds. The lowest BCUT2D eigenvalue weighted by molar-refractivity contribution is -0.137. The molecule has 0 aromatic heterocycles. The quantitative estimate of drug-likeness (QED) is 0.620. The summed E-state index contributed by atoms with van der Waals surface area (Å²) in [6, 6.07) is 11.0. The summed E-state index contributed by atoms with van der Waals surface area (Å²) in [6.45, 7) is 6.31. The second-order valence-electron chi connectivity index (χ2n) is 6.89. The Morgan fingerprint density at radius 2 is 1.65 bits per heavy atom. The summed E-state index contributed by atoms with van der Waals surface area (Å²) in [4.78, 5) is 11.9. The van der Waals surface area contributed by atoms with Crippen LogP contribution in [0.1, 0.15) is 37.5 Å². The zero-order chi connectivity index (χ0) is 19.5. The SMILES string of the molecule is CC(C)(C)c1ccc(C=CC(=O)Nc2ccc(Cl)c(C(F)(F)F)c2)cc1. The molecule has 0 spiro atoms. The van der Waals surface area contributed by atoms with Crippen molar-refractivity contribution >= 4 is 29.3 Å². The van der Waals surface area contributed by atoms with Crippen molar-refractivity contribution in [3.8, 4) is 0 Å². The molecule has 6 heteroatoms. The molecule has 0 unspecified atom stereocenters. The highest BCUT2D eigenvalue weighted by molar-refractivity contribution is 6.31. The van der Waals surface area contributed by atoms with Crippen molar-refractivity contribution in [3.63, 3.8) is 0 Å². The van der Waals surface area contributed by atoms with Crippen LogP contribution in [0.3, 0.4) is 0 Å². The number of hydrogen-bond acceptors (Lipinski definition) is 1. The van der Waals surface area contributed by atoms with E-state index < -0.39 is 22.7 Å². The van der Waals surface area contributed by atoms with Crippen LogP contribution in [0.25, 0.3) is 6.08 Å². The van der Waals surface area contributed by atoms with Crippen molar-refractivity contribution in [1.29, 1.82) is 0 Å². The fourth-order valence-corrected chi connectivity index (χ4v) is 2.50. The first-order valence-electron chi connectivity index (χ1n) is 7.93. The van der Waals surface area contributed by atoms with Crippen LogP contribution in [0.5, 0.6) is 0 Å². The molecule has 0 bridgehead atoms. The lowest BCUT2D eigenvalue weighted by Crippen LogP contribution is -2.11. The van der Waals surface area contributed by atoms with E-state index in [0.717, 1.165) is 17.7 Å². The lowest BCUT2D eigenvalue weighted by atomic mass is 9.87. The molecule has 1 N–H and O–H groups in total. The minimum absolute atomic E-state index is 0.0273. The summed E-state index contributed by atoms with van der Waals surface area (Å²) in [7, 11) is 0. The van der Waals surface area contributed by atoms with E-state index in [1.807, 2.05) is 24.3 Å². The molecule has 0 radical (unpaired) electrons. The van der Waals surface area contributed by atoms with Gasteiger partial charge in [0.1, 0.15) is 0 Å². The predicted octanol–water partition coefficient (Wildman–Crippen LogP) is 6.31. The van der Waals surface area contributed by atoms with Gasteiger partial charge in [0.15, 0.2) is 0 Å². The van der Waals surface area contributed by atoms with Gasteiger partial charge in [0.2, 0.25) is 5.91 Å². The van der Waals surface area contributed by atoms with E-state index >= 15 is 0 Å². The molecular formula is C20H19ClF3NO. The minimum Gasteiger partial charge on any atom is -0.322 e. The normalized spacial score (nSPS) is 12.4. The van der Waals surface area contributed by atoms with E-state index in [9.17, 15) is 18.0 Å². The van der Waals surface area contributed by atoms with E-state index in [1.54, 1.807) is 6.08 Å². The predicted molar refractivity (Wildman–Crippen MR) is 99.3 cm³/mol. The maximum absolute atomic E-state index is 12.8. The second kappa shape index (κ2) is 7.54. The van der Waals surface area contributed by atoms with Crippen LogP contribution in [0.4, 0.5) is 18.9 Å². The van der Waals surface area contributed by atoms with Crippen LogP contribution >= 0.6 is 11.6 Å². The van der Waals surface area contributed by atoms with Crippen molar-refractivity contribution in [1.82, 2.24) is 0 Å². The van der Waals surface area contributed by atoms with Crippen molar-refractivity contribution < 1.29 is 18.0 Å². The van der Waals surface area contributed by atoms with Crippen molar-refractivity contribution in [2.24, 2.45) is 0 Å². The smallest absolute Gasteiger partial charge is 0.322 e. The molecule has 0 fully saturated rings. The molecule has 0 saturated heterocycles. The van der Waals surface area contributed by atoms with E-state index in [2.05, 4.69) is 26.1 Å². The van der Waals surface area contributed by atoms with Gasteiger partial charge in [-0.05, 0) is 40.8 Å². The Balaban J connectivity index is 2.08. The topological polar surface area (TPSA) is 29.1 Å². The van der Waals surface area contributed by atoms with Crippen LogP contribution in [-0.4, -0.2) is 5.91 Å². The largest absolute Gasteiger partial charge is 0.417 e. The van der Waals surface area contributed by atoms with Gasteiger partial charge < -0.3 is 5.32 Å². The average molecular weight is 382 g/mol. The summed E-state index contributed by atoms with van der Waals surface area (Å²) in [5.41, 5.74) is 1.06. The van der Waals surface area contributed by atoms with E-state index in [4.69, 9.17) is 11.6 Å². The van der Waals surface area contributed by atoms with Crippen LogP contribution < -0.4 is 5.32 Å². The number of amides is 1. The summed E-state index contributed by atoms with van der Waals surface area (Å²) in [5.74, 6) is -0.527. The first-order chi connectivity index (χ1) is 12.0. The highest BCUT2D eigenvalue weighted by Crippen LogP contribution is 2.36. The van der Waals surface area contributed by atoms with Gasteiger partial charge >= 0.3 is 6.18 Å². The van der Waals surface area contributed by atoms with Gasteiger partial charge in [0.25, 0.3) is 0 Å². The van der Waals surface area contributed by atoms with Gasteiger partial charge in [0, 0.05) is 11.8 Å². The molecule has 2 aromatic carbocycles. The Morgan fingerprint density at radius 3 is 2.19 bits per heavy atom. The number of hydrogen-bond donors (Lipinski definition) is 1. The summed E-state index contributed by atoms with van der Waals surface area (Å²) in [6.07, 6.45) is -1.71. The number of alkyl halides is 3. The average Bonchev–Trinajstić information content (AvgIpc) is 2.53. The lowest BCUT2D eigenvalue weighted by Gasteiger charge is -2.18. The van der Waals surface area contributed by atoms with Gasteiger partial charge in [-0.25, -0.2) is 0 Å². The number of halogens is 4. The Morgan fingerprint density at radius 1 is 1.04 bits per heavy atom. The van der Waals surface area contributed by atoms with E-state index in [-0.39, 0.29) is 11.1 Å². The van der Waals surface area contributed by atoms with Crippen molar-refractivity contribution in [3.05, 3.63) is 70.3 Å². The van der Waals surface area contributed by atoms with Crippen LogP contribution in [0, 0.1) is 0 Å². The number of carbonyl (C=O) groups excluding carboxylic acids is 1. The number of benzene rings is 2. The third-order valence-corrected chi connectivity index (χ3v) is 4.07. The molecule has 2 rings (SSSR count). The maximum Gasteiger partial charge on any atom is 0.417 e. The van der Waals surface area contributed by atoms with Gasteiger partial charge in [-0.3, -0.25) is 4.79 Å². The zero-order valence-electron chi connectivity index (χ0n) is 14.6. The van der Waals surface area contributed by atoms with Gasteiger partial charge in [-0.2, -0.15) is 13.2 Å². The first-order valence-corrected chi connectivity index (χ1v) is 8.31. The molecular weight excluding hydrogens is 363 g/mol. The van der Waals surface area contributed by atoms with Crippen molar-refractivity contribution in [2.45, 2.75) is 32.4 Å². The number of rotatable bonds is 3. The highest BCUT2D eigenvalue weighted by Gasteiger charge is 2.33. The fourth-order valence-electron chi connectivity index (χ4n) is 2.27. The molecule has 0 atom stereocenters. The third kappa shape index (κ3) is 5.36. The van der Waals surface area contributed by atoms with E-state index in [0.29, 0.717) is 0 Å². The standard InChI is InChI=1S/C20H19ClF3NO/c1-19(2,3)14-7-4-13(5-8-14)6-11-18(26)25-15-9-10-17(21)16(12-15)20(22,23)24/h4-12H,1-3H3,(H,25,26). The number of nitrogens with one attached hydrogen (secondary N) is 1. The number of carbonyl (C=O) groups is 1. The summed E-state index contributed by atoms with van der Waals surface area (Å²) >= 11 is 5.56. The second-order valence-corrected chi connectivity index (χ2v) is 7.29. The van der Waals surface area contributed by atoms with Gasteiger partial charge in [0.05, 0.1) is 10.6 Å². The number of anilines is 1. The Bertz CT molecular complexity index is 818. The van der Waals surface area contributed by atoms with Gasteiger partial charge in [-0.15, -0.1) is 0 Å². The van der Waals surface area contributed by atoms with Crippen molar-refractivity contribution in [2.75, 3.05) is 5.32 Å². The summed E-state index contributed by atoms with van der Waals surface area (Å²) in [5, 5.41) is 1.99. The minimum atomic E-state index is -4.58. The van der Waals surface area contributed by atoms with Crippen LogP contribution in [0.2, 0.25) is 5.02 Å². The Hall–Kier alpha value is -2.27. The van der Waals surface area contributed by atoms with Crippen LogP contribution in [0.15, 0.2) is 48.5 Å². The third-order valence-electron chi connectivity index (χ3n) is 3.74. The molecule has 0 aliphatic rings. The molecule has 0 saturated carbocycles. The summed E-state index contributed by atoms with van der Waals surface area (Å²) < 4.78 is 38.5. The first kappa shape index (κ1) is 20.0.